The number of methoxy groups -OCH3 is 1. The van der Waals surface area contributed by atoms with Crippen LogP contribution in [0, 0.1) is 5.92 Å². The van der Waals surface area contributed by atoms with Crippen molar-refractivity contribution in [3.63, 3.8) is 0 Å². The zero-order valence-corrected chi connectivity index (χ0v) is 16.8. The minimum absolute atomic E-state index is 0.0708. The van der Waals surface area contributed by atoms with Gasteiger partial charge in [0.15, 0.2) is 17.3 Å². The van der Waals surface area contributed by atoms with Crippen LogP contribution in [0.4, 0.5) is 0 Å². The summed E-state index contributed by atoms with van der Waals surface area (Å²) in [5, 5.41) is 0. The van der Waals surface area contributed by atoms with Gasteiger partial charge in [-0.05, 0) is 55.3 Å². The number of hydrogen-bond acceptors (Lipinski definition) is 6. The molecule has 7 nitrogen and oxygen atoms in total. The lowest BCUT2D eigenvalue weighted by atomic mass is 9.88. The molecule has 2 heterocycles. The lowest BCUT2D eigenvalue weighted by Crippen LogP contribution is -2.40. The standard InChI is InChI=1S/C23H23NO6/c1-28-23(27)17-4-2-16(3-5-17)22(26)24-10-8-15(9-11-24)21(25)18-6-7-19-20(14-18)30-13-12-29-19/h2-7,14-15H,8-13H2,1H3. The molecule has 0 N–H and O–H groups in total. The van der Waals surface area contributed by atoms with E-state index in [1.807, 2.05) is 0 Å². The van der Waals surface area contributed by atoms with Crippen LogP contribution in [0.1, 0.15) is 43.9 Å². The highest BCUT2D eigenvalue weighted by Gasteiger charge is 2.29. The van der Waals surface area contributed by atoms with E-state index in [1.165, 1.54) is 7.11 Å². The van der Waals surface area contributed by atoms with Crippen LogP contribution in [-0.4, -0.2) is 56.0 Å². The van der Waals surface area contributed by atoms with Gasteiger partial charge < -0.3 is 19.1 Å². The molecular formula is C23H23NO6. The molecule has 2 aromatic carbocycles. The first-order chi connectivity index (χ1) is 14.6. The van der Waals surface area contributed by atoms with Crippen molar-refractivity contribution in [2.45, 2.75) is 12.8 Å². The Balaban J connectivity index is 1.37. The fourth-order valence-electron chi connectivity index (χ4n) is 3.83. The number of likely N-dealkylation sites (tertiary alicyclic amines) is 1. The van der Waals surface area contributed by atoms with Crippen molar-refractivity contribution in [3.05, 3.63) is 59.2 Å². The van der Waals surface area contributed by atoms with Gasteiger partial charge in [0.1, 0.15) is 13.2 Å². The van der Waals surface area contributed by atoms with Crippen molar-refractivity contribution in [2.75, 3.05) is 33.4 Å². The van der Waals surface area contributed by atoms with Crippen LogP contribution >= 0.6 is 0 Å². The Labute approximate surface area is 174 Å². The summed E-state index contributed by atoms with van der Waals surface area (Å²) < 4.78 is 15.8. The van der Waals surface area contributed by atoms with Crippen molar-refractivity contribution < 1.29 is 28.6 Å². The highest BCUT2D eigenvalue weighted by molar-refractivity contribution is 5.99. The van der Waals surface area contributed by atoms with Crippen LogP contribution in [0.2, 0.25) is 0 Å². The predicted molar refractivity (Wildman–Crippen MR) is 108 cm³/mol. The van der Waals surface area contributed by atoms with Gasteiger partial charge in [-0.25, -0.2) is 4.79 Å². The maximum absolute atomic E-state index is 12.9. The number of ketones is 1. The largest absolute Gasteiger partial charge is 0.486 e. The molecular weight excluding hydrogens is 386 g/mol. The van der Waals surface area contributed by atoms with Crippen LogP contribution in [-0.2, 0) is 4.74 Å². The first-order valence-electron chi connectivity index (χ1n) is 9.98. The molecule has 2 aromatic rings. The SMILES string of the molecule is COC(=O)c1ccc(C(=O)N2CCC(C(=O)c3ccc4c(c3)OCCO4)CC2)cc1. The molecule has 1 amide bonds. The topological polar surface area (TPSA) is 82.1 Å². The second-order valence-corrected chi connectivity index (χ2v) is 7.36. The molecule has 2 aliphatic heterocycles. The zero-order valence-electron chi connectivity index (χ0n) is 16.8. The Kier molecular flexibility index (Phi) is 5.70. The summed E-state index contributed by atoms with van der Waals surface area (Å²) in [7, 11) is 1.32. The van der Waals surface area contributed by atoms with E-state index in [0.29, 0.717) is 67.3 Å². The number of fused-ring (bicyclic) bond motifs is 1. The third-order valence-electron chi connectivity index (χ3n) is 5.53. The molecule has 0 saturated carbocycles. The lowest BCUT2D eigenvalue weighted by Gasteiger charge is -2.31. The van der Waals surface area contributed by atoms with E-state index < -0.39 is 5.97 Å². The molecule has 156 valence electrons. The van der Waals surface area contributed by atoms with Crippen molar-refractivity contribution in [1.82, 2.24) is 4.90 Å². The van der Waals surface area contributed by atoms with Crippen LogP contribution in [0.3, 0.4) is 0 Å². The number of carbonyl (C=O) groups is 3. The van der Waals surface area contributed by atoms with Gasteiger partial charge in [0.25, 0.3) is 5.91 Å². The van der Waals surface area contributed by atoms with Gasteiger partial charge in [0.05, 0.1) is 12.7 Å². The Morgan fingerprint density at radius 1 is 0.867 bits per heavy atom. The maximum atomic E-state index is 12.9. The zero-order chi connectivity index (χ0) is 21.1. The van der Waals surface area contributed by atoms with E-state index in [1.54, 1.807) is 47.4 Å². The number of piperidine rings is 1. The number of ether oxygens (including phenoxy) is 3. The Morgan fingerprint density at radius 3 is 2.13 bits per heavy atom. The smallest absolute Gasteiger partial charge is 0.337 e. The van der Waals surface area contributed by atoms with Crippen molar-refractivity contribution >= 4 is 17.7 Å². The molecule has 0 unspecified atom stereocenters. The number of hydrogen-bond donors (Lipinski definition) is 0. The van der Waals surface area contributed by atoms with Crippen molar-refractivity contribution in [1.29, 1.82) is 0 Å². The number of nitrogens with zero attached hydrogens (tertiary/aromatic N) is 1. The number of amides is 1. The molecule has 30 heavy (non-hydrogen) atoms. The van der Waals surface area contributed by atoms with Crippen LogP contribution in [0.25, 0.3) is 0 Å². The molecule has 4 rings (SSSR count). The van der Waals surface area contributed by atoms with Gasteiger partial charge in [-0.3, -0.25) is 9.59 Å². The van der Waals surface area contributed by atoms with Crippen molar-refractivity contribution in [3.8, 4) is 11.5 Å². The molecule has 0 atom stereocenters. The minimum Gasteiger partial charge on any atom is -0.486 e. The van der Waals surface area contributed by atoms with E-state index in [-0.39, 0.29) is 17.6 Å². The van der Waals surface area contributed by atoms with Crippen molar-refractivity contribution in [2.24, 2.45) is 5.92 Å². The average molecular weight is 409 g/mol. The maximum Gasteiger partial charge on any atom is 0.337 e. The van der Waals surface area contributed by atoms with E-state index in [9.17, 15) is 14.4 Å². The van der Waals surface area contributed by atoms with E-state index in [2.05, 4.69) is 4.74 Å². The summed E-state index contributed by atoms with van der Waals surface area (Å²) in [4.78, 5) is 38.9. The summed E-state index contributed by atoms with van der Waals surface area (Å²) >= 11 is 0. The van der Waals surface area contributed by atoms with Gasteiger partial charge in [-0.2, -0.15) is 0 Å². The van der Waals surface area contributed by atoms with Crippen LogP contribution in [0.15, 0.2) is 42.5 Å². The second-order valence-electron chi connectivity index (χ2n) is 7.36. The molecule has 0 aromatic heterocycles. The number of benzene rings is 2. The predicted octanol–water partition coefficient (Wildman–Crippen LogP) is 2.98. The molecule has 1 fully saturated rings. The highest BCUT2D eigenvalue weighted by atomic mass is 16.6. The molecule has 2 aliphatic rings. The van der Waals surface area contributed by atoms with Gasteiger partial charge in [-0.15, -0.1) is 0 Å². The van der Waals surface area contributed by atoms with Crippen LogP contribution in [0.5, 0.6) is 11.5 Å². The first-order valence-corrected chi connectivity index (χ1v) is 9.98. The van der Waals surface area contributed by atoms with Gasteiger partial charge in [0.2, 0.25) is 0 Å². The number of Topliss-reactive ketones (excluding diaryl/α,β-unsaturated/α-hetero) is 1. The van der Waals surface area contributed by atoms with Gasteiger partial charge >= 0.3 is 5.97 Å². The summed E-state index contributed by atoms with van der Waals surface area (Å²) in [6, 6.07) is 11.7. The van der Waals surface area contributed by atoms with E-state index in [0.717, 1.165) is 0 Å². The van der Waals surface area contributed by atoms with Gasteiger partial charge in [0, 0.05) is 30.1 Å². The van der Waals surface area contributed by atoms with E-state index >= 15 is 0 Å². The normalized spacial score (nSPS) is 16.1. The lowest BCUT2D eigenvalue weighted by molar-refractivity contribution is 0.0599. The summed E-state index contributed by atoms with van der Waals surface area (Å²) in [6.45, 7) is 2.01. The summed E-state index contributed by atoms with van der Waals surface area (Å²) in [5.41, 5.74) is 1.53. The Bertz CT molecular complexity index is 960. The van der Waals surface area contributed by atoms with Crippen LogP contribution < -0.4 is 9.47 Å². The fourth-order valence-corrected chi connectivity index (χ4v) is 3.83. The monoisotopic (exact) mass is 409 g/mol. The number of rotatable bonds is 4. The van der Waals surface area contributed by atoms with E-state index in [4.69, 9.17) is 9.47 Å². The minimum atomic E-state index is -0.438. The quantitative estimate of drug-likeness (QED) is 0.570. The molecule has 7 heteroatoms. The Hall–Kier alpha value is -3.35. The highest BCUT2D eigenvalue weighted by Crippen LogP contribution is 2.32. The fraction of sp³-hybridized carbons (Fsp3) is 0.348. The molecule has 0 aliphatic carbocycles. The summed E-state index contributed by atoms with van der Waals surface area (Å²) in [6.07, 6.45) is 1.22. The average Bonchev–Trinajstić information content (AvgIpc) is 2.82. The molecule has 1 saturated heterocycles. The summed E-state index contributed by atoms with van der Waals surface area (Å²) in [5.74, 6) is 0.676. The molecule has 0 radical (unpaired) electrons. The second kappa shape index (κ2) is 8.57. The third-order valence-corrected chi connectivity index (χ3v) is 5.53. The molecule has 0 spiro atoms. The number of esters is 1. The molecule has 0 bridgehead atoms. The van der Waals surface area contributed by atoms with Gasteiger partial charge in [-0.1, -0.05) is 0 Å². The first kappa shape index (κ1) is 19.9. The number of carbonyl (C=O) groups excluding carboxylic acids is 3. The third kappa shape index (κ3) is 4.01. The Morgan fingerprint density at radius 2 is 1.47 bits per heavy atom.